The van der Waals surface area contributed by atoms with Crippen LogP contribution in [0, 0.1) is 5.92 Å². The van der Waals surface area contributed by atoms with Gasteiger partial charge in [0.05, 0.1) is 34.8 Å². The lowest BCUT2D eigenvalue weighted by Crippen LogP contribution is -2.43. The van der Waals surface area contributed by atoms with E-state index in [2.05, 4.69) is 0 Å². The summed E-state index contributed by atoms with van der Waals surface area (Å²) in [6.07, 6.45) is 1.58. The molecule has 32 heavy (non-hydrogen) atoms. The van der Waals surface area contributed by atoms with Crippen LogP contribution in [-0.2, 0) is 14.3 Å². The van der Waals surface area contributed by atoms with Crippen molar-refractivity contribution in [3.63, 3.8) is 0 Å². The fraction of sp³-hybridized carbons (Fsp3) is 0.333. The zero-order valence-electron chi connectivity index (χ0n) is 17.9. The average molecular weight is 449 g/mol. The average Bonchev–Trinajstić information content (AvgIpc) is 3.23. The summed E-state index contributed by atoms with van der Waals surface area (Å²) in [4.78, 5) is 36.6. The quantitative estimate of drug-likeness (QED) is 0.262. The first kappa shape index (κ1) is 20.8. The first-order valence-electron chi connectivity index (χ1n) is 10.9. The SMILES string of the molecule is CCOC(=O)[C@H]1CCCN(C(=O)CSc2nc3ccccc3c3nc4ccccc4n23)C1. The number of imidazole rings is 1. The fourth-order valence-electron chi connectivity index (χ4n) is 4.28. The molecule has 5 rings (SSSR count). The Morgan fingerprint density at radius 3 is 2.72 bits per heavy atom. The van der Waals surface area contributed by atoms with E-state index in [0.29, 0.717) is 19.7 Å². The number of piperidine rings is 1. The number of likely N-dealkylation sites (tertiary alicyclic amines) is 1. The maximum atomic E-state index is 13.0. The number of rotatable bonds is 5. The van der Waals surface area contributed by atoms with Crippen LogP contribution in [0.3, 0.4) is 0 Å². The van der Waals surface area contributed by atoms with Crippen LogP contribution >= 0.6 is 11.8 Å². The topological polar surface area (TPSA) is 76.8 Å². The van der Waals surface area contributed by atoms with Crippen LogP contribution in [0.4, 0.5) is 0 Å². The molecule has 0 bridgehead atoms. The van der Waals surface area contributed by atoms with E-state index in [1.54, 1.807) is 11.8 Å². The van der Waals surface area contributed by atoms with Crippen molar-refractivity contribution in [3.8, 4) is 0 Å². The molecule has 0 saturated carbocycles. The van der Waals surface area contributed by atoms with Crippen molar-refractivity contribution in [1.29, 1.82) is 0 Å². The summed E-state index contributed by atoms with van der Waals surface area (Å²) >= 11 is 1.41. The predicted molar refractivity (Wildman–Crippen MR) is 125 cm³/mol. The molecule has 2 aromatic heterocycles. The normalized spacial score (nSPS) is 16.7. The minimum atomic E-state index is -0.235. The second-order valence-electron chi connectivity index (χ2n) is 7.89. The fourth-order valence-corrected chi connectivity index (χ4v) is 5.20. The predicted octanol–water partition coefficient (Wildman–Crippen LogP) is 3.93. The van der Waals surface area contributed by atoms with Gasteiger partial charge in [-0.05, 0) is 44.0 Å². The van der Waals surface area contributed by atoms with Gasteiger partial charge in [-0.3, -0.25) is 14.0 Å². The Bertz CT molecular complexity index is 1320. The number of amides is 1. The standard InChI is InChI=1S/C24H24N4O3S/c1-2-31-23(30)16-8-7-13-27(14-16)21(29)15-32-24-26-18-10-4-3-9-17(18)22-25-19-11-5-6-12-20(19)28(22)24/h3-6,9-12,16H,2,7-8,13-15H2,1H3/t16-/m0/s1. The molecule has 0 radical (unpaired) electrons. The third kappa shape index (κ3) is 3.79. The maximum Gasteiger partial charge on any atom is 0.310 e. The number of thioether (sulfide) groups is 1. The van der Waals surface area contributed by atoms with Crippen LogP contribution in [-0.4, -0.2) is 56.6 Å². The number of carbonyl (C=O) groups is 2. The molecule has 7 nitrogen and oxygen atoms in total. The van der Waals surface area contributed by atoms with Crippen molar-refractivity contribution in [1.82, 2.24) is 19.3 Å². The van der Waals surface area contributed by atoms with Crippen LogP contribution in [0.2, 0.25) is 0 Å². The van der Waals surface area contributed by atoms with Gasteiger partial charge in [0, 0.05) is 18.5 Å². The summed E-state index contributed by atoms with van der Waals surface area (Å²) in [7, 11) is 0. The number of ether oxygens (including phenoxy) is 1. The minimum Gasteiger partial charge on any atom is -0.466 e. The molecule has 2 aromatic carbocycles. The van der Waals surface area contributed by atoms with Crippen molar-refractivity contribution in [2.45, 2.75) is 24.9 Å². The van der Waals surface area contributed by atoms with E-state index in [4.69, 9.17) is 14.7 Å². The van der Waals surface area contributed by atoms with Gasteiger partial charge >= 0.3 is 5.97 Å². The summed E-state index contributed by atoms with van der Waals surface area (Å²) in [5, 5.41) is 1.72. The van der Waals surface area contributed by atoms with Crippen molar-refractivity contribution < 1.29 is 14.3 Å². The largest absolute Gasteiger partial charge is 0.466 e. The van der Waals surface area contributed by atoms with Gasteiger partial charge in [-0.2, -0.15) is 0 Å². The van der Waals surface area contributed by atoms with E-state index in [0.717, 1.165) is 45.6 Å². The Labute approximate surface area is 189 Å². The number of hydrogen-bond donors (Lipinski definition) is 0. The molecule has 4 aromatic rings. The minimum absolute atomic E-state index is 0.0107. The molecule has 1 aliphatic heterocycles. The Morgan fingerprint density at radius 1 is 1.09 bits per heavy atom. The van der Waals surface area contributed by atoms with Crippen molar-refractivity contribution in [2.75, 3.05) is 25.4 Å². The van der Waals surface area contributed by atoms with Crippen LogP contribution in [0.25, 0.3) is 27.6 Å². The van der Waals surface area contributed by atoms with E-state index in [1.165, 1.54) is 11.8 Å². The van der Waals surface area contributed by atoms with Crippen LogP contribution in [0.5, 0.6) is 0 Å². The second-order valence-corrected chi connectivity index (χ2v) is 8.83. The van der Waals surface area contributed by atoms with Gasteiger partial charge in [-0.1, -0.05) is 36.0 Å². The molecule has 0 unspecified atom stereocenters. The molecule has 8 heteroatoms. The van der Waals surface area contributed by atoms with E-state index < -0.39 is 0 Å². The number of fused-ring (bicyclic) bond motifs is 5. The smallest absolute Gasteiger partial charge is 0.310 e. The monoisotopic (exact) mass is 448 g/mol. The summed E-state index contributed by atoms with van der Waals surface area (Å²) in [5.41, 5.74) is 3.56. The Hall–Kier alpha value is -3.13. The van der Waals surface area contributed by atoms with Gasteiger partial charge < -0.3 is 9.64 Å². The molecule has 0 N–H and O–H groups in total. The van der Waals surface area contributed by atoms with Gasteiger partial charge in [0.25, 0.3) is 0 Å². The maximum absolute atomic E-state index is 13.0. The molecule has 164 valence electrons. The summed E-state index contributed by atoms with van der Waals surface area (Å²) in [6, 6.07) is 15.9. The molecule has 1 saturated heterocycles. The Balaban J connectivity index is 1.42. The van der Waals surface area contributed by atoms with Gasteiger partial charge in [0.2, 0.25) is 5.91 Å². The summed E-state index contributed by atoms with van der Waals surface area (Å²) in [6.45, 7) is 3.26. The molecular weight excluding hydrogens is 424 g/mol. The van der Waals surface area contributed by atoms with Crippen molar-refractivity contribution in [3.05, 3.63) is 48.5 Å². The molecule has 0 aliphatic carbocycles. The first-order valence-corrected chi connectivity index (χ1v) is 11.9. The number of para-hydroxylation sites is 3. The number of benzene rings is 2. The molecule has 1 aliphatic rings. The third-order valence-electron chi connectivity index (χ3n) is 5.83. The molecule has 1 fully saturated rings. The summed E-state index contributed by atoms with van der Waals surface area (Å²) in [5.74, 6) is -0.180. The number of hydrogen-bond acceptors (Lipinski definition) is 6. The number of nitrogens with zero attached hydrogens (tertiary/aromatic N) is 4. The highest BCUT2D eigenvalue weighted by molar-refractivity contribution is 7.99. The number of aromatic nitrogens is 3. The van der Waals surface area contributed by atoms with Crippen LogP contribution in [0.15, 0.2) is 53.7 Å². The van der Waals surface area contributed by atoms with E-state index in [-0.39, 0.29) is 23.5 Å². The van der Waals surface area contributed by atoms with E-state index in [9.17, 15) is 9.59 Å². The molecule has 0 spiro atoms. The highest BCUT2D eigenvalue weighted by Gasteiger charge is 2.29. The molecule has 1 atom stereocenters. The van der Waals surface area contributed by atoms with Gasteiger partial charge in [-0.25, -0.2) is 9.97 Å². The number of esters is 1. The second kappa shape index (κ2) is 8.78. The lowest BCUT2D eigenvalue weighted by Gasteiger charge is -2.31. The zero-order valence-corrected chi connectivity index (χ0v) is 18.7. The lowest BCUT2D eigenvalue weighted by molar-refractivity contribution is -0.151. The highest BCUT2D eigenvalue weighted by Crippen LogP contribution is 2.29. The Kier molecular flexibility index (Phi) is 5.70. The van der Waals surface area contributed by atoms with Gasteiger partial charge in [0.1, 0.15) is 5.65 Å². The van der Waals surface area contributed by atoms with Crippen molar-refractivity contribution in [2.24, 2.45) is 5.92 Å². The first-order chi connectivity index (χ1) is 15.7. The molecular formula is C24H24N4O3S. The number of carbonyl (C=O) groups excluding carboxylic acids is 2. The van der Waals surface area contributed by atoms with E-state index in [1.807, 2.05) is 52.9 Å². The zero-order chi connectivity index (χ0) is 22.1. The van der Waals surface area contributed by atoms with E-state index >= 15 is 0 Å². The van der Waals surface area contributed by atoms with Crippen LogP contribution in [0.1, 0.15) is 19.8 Å². The summed E-state index contributed by atoms with van der Waals surface area (Å²) < 4.78 is 7.19. The third-order valence-corrected chi connectivity index (χ3v) is 6.76. The Morgan fingerprint density at radius 2 is 1.88 bits per heavy atom. The van der Waals surface area contributed by atoms with Crippen LogP contribution < -0.4 is 0 Å². The lowest BCUT2D eigenvalue weighted by atomic mass is 9.98. The van der Waals surface area contributed by atoms with Gasteiger partial charge in [0.15, 0.2) is 5.16 Å². The molecule has 3 heterocycles. The van der Waals surface area contributed by atoms with Crippen molar-refractivity contribution >= 4 is 51.2 Å². The highest BCUT2D eigenvalue weighted by atomic mass is 32.2. The molecule has 1 amide bonds. The van der Waals surface area contributed by atoms with Gasteiger partial charge in [-0.15, -0.1) is 0 Å².